The summed E-state index contributed by atoms with van der Waals surface area (Å²) in [4.78, 5) is 25.1. The van der Waals surface area contributed by atoms with Crippen LogP contribution < -0.4 is 9.47 Å². The number of hydrogen-bond donors (Lipinski definition) is 0. The summed E-state index contributed by atoms with van der Waals surface area (Å²) in [7, 11) is 0. The van der Waals surface area contributed by atoms with Crippen LogP contribution >= 0.6 is 0 Å². The van der Waals surface area contributed by atoms with Crippen molar-refractivity contribution >= 4 is 56.8 Å². The van der Waals surface area contributed by atoms with Crippen LogP contribution in [-0.2, 0) is 41.4 Å². The molecule has 56 heavy (non-hydrogen) atoms. The van der Waals surface area contributed by atoms with Crippen LogP contribution in [0, 0.1) is 0 Å². The van der Waals surface area contributed by atoms with E-state index in [1.807, 2.05) is 12.1 Å². The van der Waals surface area contributed by atoms with Crippen LogP contribution in [0.3, 0.4) is 0 Å². The predicted octanol–water partition coefficient (Wildman–Crippen LogP) is 9.17. The number of rotatable bonds is 17. The Morgan fingerprint density at radius 1 is 0.589 bits per heavy atom. The highest BCUT2D eigenvalue weighted by atomic mass is 16.6. The van der Waals surface area contributed by atoms with E-state index in [0.29, 0.717) is 0 Å². The van der Waals surface area contributed by atoms with E-state index in [1.54, 1.807) is 13.8 Å². The van der Waals surface area contributed by atoms with Crippen LogP contribution in [0.1, 0.15) is 60.1 Å². The number of hydrogen-bond acceptors (Lipinski definition) is 8. The lowest BCUT2D eigenvalue weighted by Crippen LogP contribution is -2.32. The lowest BCUT2D eigenvalue weighted by atomic mass is 9.81. The lowest BCUT2D eigenvalue weighted by Gasteiger charge is -2.25. The minimum absolute atomic E-state index is 0.0854. The summed E-state index contributed by atoms with van der Waals surface area (Å²) in [6.07, 6.45) is 15.7. The smallest absolute Gasteiger partial charge is 0.333 e. The van der Waals surface area contributed by atoms with Crippen LogP contribution in [0.5, 0.6) is 11.5 Å². The highest BCUT2D eigenvalue weighted by Crippen LogP contribution is 2.44. The molecule has 0 saturated heterocycles. The van der Waals surface area contributed by atoms with Gasteiger partial charge >= 0.3 is 11.9 Å². The highest BCUT2D eigenvalue weighted by Gasteiger charge is 2.25. The summed E-state index contributed by atoms with van der Waals surface area (Å²) >= 11 is 0. The van der Waals surface area contributed by atoms with Crippen LogP contribution in [0.25, 0.3) is 44.8 Å². The van der Waals surface area contributed by atoms with Gasteiger partial charge in [0.1, 0.15) is 24.7 Å². The van der Waals surface area contributed by atoms with Gasteiger partial charge in [0.05, 0.1) is 26.4 Å². The molecule has 8 rings (SSSR count). The molecule has 4 aromatic rings. The van der Waals surface area contributed by atoms with Gasteiger partial charge in [0.2, 0.25) is 0 Å². The van der Waals surface area contributed by atoms with E-state index in [9.17, 15) is 9.59 Å². The Morgan fingerprint density at radius 2 is 1.04 bits per heavy atom. The Morgan fingerprint density at radius 3 is 1.46 bits per heavy atom. The van der Waals surface area contributed by atoms with Gasteiger partial charge < -0.3 is 28.4 Å². The number of carbonyl (C=O) groups excluding carboxylic acids is 2. The van der Waals surface area contributed by atoms with Crippen LogP contribution in [0.15, 0.2) is 97.1 Å². The van der Waals surface area contributed by atoms with Crippen molar-refractivity contribution in [2.45, 2.75) is 51.7 Å². The van der Waals surface area contributed by atoms with Gasteiger partial charge in [-0.1, -0.05) is 86.0 Å². The summed E-state index contributed by atoms with van der Waals surface area (Å²) < 4.78 is 36.0. The molecule has 4 aliphatic carbocycles. The molecule has 4 aliphatic rings. The van der Waals surface area contributed by atoms with E-state index in [0.717, 1.165) is 48.0 Å². The average molecular weight is 751 g/mol. The molecule has 0 aliphatic heterocycles. The third-order valence-corrected chi connectivity index (χ3v) is 10.6. The summed E-state index contributed by atoms with van der Waals surface area (Å²) in [6.45, 7) is 11.4. The number of allylic oxidation sites excluding steroid dienone is 6. The average Bonchev–Trinajstić information content (AvgIpc) is 3.21. The quantitative estimate of drug-likeness (QED) is 0.0600. The molecule has 0 aromatic heterocycles. The summed E-state index contributed by atoms with van der Waals surface area (Å²) in [5.74, 6) is 0.424. The van der Waals surface area contributed by atoms with Gasteiger partial charge in [-0.2, -0.15) is 0 Å². The van der Waals surface area contributed by atoms with Crippen LogP contribution in [-0.4, -0.2) is 63.8 Å². The Hall–Kier alpha value is -5.70. The van der Waals surface area contributed by atoms with Gasteiger partial charge in [-0.05, 0) is 107 Å². The molecule has 0 heterocycles. The van der Waals surface area contributed by atoms with E-state index in [4.69, 9.17) is 28.4 Å². The van der Waals surface area contributed by atoms with Crippen LogP contribution in [0.2, 0.25) is 0 Å². The minimum Gasteiger partial charge on any atom is -0.489 e. The molecule has 0 amide bonds. The van der Waals surface area contributed by atoms with Crippen molar-refractivity contribution in [3.8, 4) is 11.5 Å². The zero-order chi connectivity index (χ0) is 38.8. The second kappa shape index (κ2) is 16.2. The SMILES string of the molecule is C=C(C)C(=O)OC(COCCOCC(COc1ccc2c3c4c(ccc13)C=CCC4=CC2)OC(=O)C(=C)C)COc1ccc2c3c4c(ccc13)C=CCC4=CC2. The molecular weight excluding hydrogens is 705 g/mol. The van der Waals surface area contributed by atoms with Gasteiger partial charge in [0, 0.05) is 21.9 Å². The van der Waals surface area contributed by atoms with Gasteiger partial charge in [-0.15, -0.1) is 0 Å². The van der Waals surface area contributed by atoms with Gasteiger partial charge in [-0.3, -0.25) is 0 Å². The molecule has 0 saturated carbocycles. The largest absolute Gasteiger partial charge is 0.489 e. The van der Waals surface area contributed by atoms with Gasteiger partial charge in [0.15, 0.2) is 12.2 Å². The summed E-state index contributed by atoms with van der Waals surface area (Å²) in [5, 5.41) is 4.52. The first-order chi connectivity index (χ1) is 27.2. The van der Waals surface area contributed by atoms with Crippen molar-refractivity contribution < 1.29 is 38.0 Å². The number of esters is 2. The number of benzene rings is 4. The fraction of sp³-hybridized carbons (Fsp3) is 0.292. The standard InChI is InChI=1S/C48H46O8/c1-29(2)47(49)55-37(27-53-41-21-17-35-13-11-31-7-5-9-33-15-19-39(41)45(35)43(31)33)25-51-23-24-52-26-38(56-48(50)30(3)4)28-54-42-22-18-36-14-12-32-8-6-10-34-16-20-40(42)46(36)44(32)34/h5-6,9-12,15-22,37-38H,1,3,7-8,13-14,23-28H2,2,4H3. The first kappa shape index (κ1) is 37.2. The maximum absolute atomic E-state index is 12.6. The molecule has 286 valence electrons. The van der Waals surface area contributed by atoms with Crippen LogP contribution in [0.4, 0.5) is 0 Å². The molecule has 8 heteroatoms. The second-order valence-electron chi connectivity index (χ2n) is 14.8. The normalized spacial score (nSPS) is 15.5. The molecule has 0 fully saturated rings. The minimum atomic E-state index is -0.690. The topological polar surface area (TPSA) is 89.5 Å². The van der Waals surface area contributed by atoms with E-state index < -0.39 is 24.1 Å². The molecule has 0 spiro atoms. The van der Waals surface area contributed by atoms with Crippen molar-refractivity contribution in [3.63, 3.8) is 0 Å². The molecule has 4 aromatic carbocycles. The van der Waals surface area contributed by atoms with E-state index in [-0.39, 0.29) is 50.8 Å². The van der Waals surface area contributed by atoms with Crippen molar-refractivity contribution in [1.82, 2.24) is 0 Å². The third-order valence-electron chi connectivity index (χ3n) is 10.6. The van der Waals surface area contributed by atoms with E-state index >= 15 is 0 Å². The molecule has 2 unspecified atom stereocenters. The molecule has 2 atom stereocenters. The predicted molar refractivity (Wildman–Crippen MR) is 221 cm³/mol. The Labute approximate surface area is 327 Å². The zero-order valence-electron chi connectivity index (χ0n) is 32.0. The Balaban J connectivity index is 0.877. The van der Waals surface area contributed by atoms with Crippen molar-refractivity contribution in [1.29, 1.82) is 0 Å². The van der Waals surface area contributed by atoms with Gasteiger partial charge in [-0.25, -0.2) is 9.59 Å². The van der Waals surface area contributed by atoms with Gasteiger partial charge in [0.25, 0.3) is 0 Å². The summed E-state index contributed by atoms with van der Waals surface area (Å²) in [6, 6.07) is 16.7. The van der Waals surface area contributed by atoms with Crippen molar-refractivity contribution in [2.24, 2.45) is 0 Å². The van der Waals surface area contributed by atoms with Crippen molar-refractivity contribution in [2.75, 3.05) is 39.6 Å². The highest BCUT2D eigenvalue weighted by molar-refractivity contribution is 6.06. The molecule has 0 radical (unpaired) electrons. The number of carbonyl (C=O) groups is 2. The first-order valence-corrected chi connectivity index (χ1v) is 19.3. The van der Waals surface area contributed by atoms with E-state index in [2.05, 4.69) is 86.0 Å². The number of ether oxygens (including phenoxy) is 6. The first-order valence-electron chi connectivity index (χ1n) is 19.3. The monoisotopic (exact) mass is 750 g/mol. The molecule has 8 nitrogen and oxygen atoms in total. The Bertz CT molecular complexity index is 2220. The fourth-order valence-corrected chi connectivity index (χ4v) is 7.89. The third kappa shape index (κ3) is 7.59. The fourth-order valence-electron chi connectivity index (χ4n) is 7.89. The maximum atomic E-state index is 12.6. The lowest BCUT2D eigenvalue weighted by molar-refractivity contribution is -0.152. The zero-order valence-corrected chi connectivity index (χ0v) is 32.0. The maximum Gasteiger partial charge on any atom is 0.333 e. The Kier molecular flexibility index (Phi) is 10.8. The summed E-state index contributed by atoms with van der Waals surface area (Å²) in [5.41, 5.74) is 10.8. The molecule has 0 N–H and O–H groups in total. The van der Waals surface area contributed by atoms with E-state index in [1.165, 1.54) is 55.3 Å². The molecular formula is C48H46O8. The molecule has 0 bridgehead atoms. The van der Waals surface area contributed by atoms with Crippen molar-refractivity contribution in [3.05, 3.63) is 131 Å². The second-order valence-corrected chi connectivity index (χ2v) is 14.8.